The van der Waals surface area contributed by atoms with Gasteiger partial charge in [-0.2, -0.15) is 0 Å². The number of pyridine rings is 2. The van der Waals surface area contributed by atoms with Gasteiger partial charge < -0.3 is 15.2 Å². The Bertz CT molecular complexity index is 1110. The zero-order valence-corrected chi connectivity index (χ0v) is 19.6. The van der Waals surface area contributed by atoms with Gasteiger partial charge in [-0.25, -0.2) is 14.8 Å². The molecule has 0 bridgehead atoms. The fraction of sp³-hybridized carbons (Fsp3) is 0.320. The van der Waals surface area contributed by atoms with Crippen LogP contribution in [0, 0.1) is 0 Å². The van der Waals surface area contributed by atoms with Gasteiger partial charge in [0.15, 0.2) is 0 Å². The van der Waals surface area contributed by atoms with Crippen LogP contribution in [0.5, 0.6) is 0 Å². The number of aliphatic hydroxyl groups excluding tert-OH is 1. The molecule has 0 spiro atoms. The van der Waals surface area contributed by atoms with Gasteiger partial charge in [-0.1, -0.05) is 35.9 Å². The maximum absolute atomic E-state index is 13.0. The molecule has 1 aliphatic heterocycles. The van der Waals surface area contributed by atoms with Crippen molar-refractivity contribution in [2.75, 3.05) is 16.8 Å². The molecule has 172 valence electrons. The highest BCUT2D eigenvalue weighted by atomic mass is 35.5. The molecule has 1 amide bonds. The number of ether oxygens (including phenoxy) is 1. The fourth-order valence-electron chi connectivity index (χ4n) is 3.76. The third kappa shape index (κ3) is 5.43. The summed E-state index contributed by atoms with van der Waals surface area (Å²) in [5.74, 6) is 1.10. The molecule has 1 aromatic carbocycles. The number of halogens is 1. The van der Waals surface area contributed by atoms with Gasteiger partial charge in [-0.05, 0) is 56.2 Å². The number of aliphatic hydroxyl groups is 1. The van der Waals surface area contributed by atoms with Crippen LogP contribution in [-0.4, -0.2) is 33.3 Å². The van der Waals surface area contributed by atoms with Crippen molar-refractivity contribution in [3.63, 3.8) is 0 Å². The molecule has 2 aromatic heterocycles. The maximum atomic E-state index is 13.0. The molecule has 2 unspecified atom stereocenters. The van der Waals surface area contributed by atoms with E-state index >= 15 is 0 Å². The molecule has 0 saturated heterocycles. The number of aromatic nitrogens is 2. The van der Waals surface area contributed by atoms with Crippen LogP contribution in [0.25, 0.3) is 0 Å². The van der Waals surface area contributed by atoms with Gasteiger partial charge in [0.2, 0.25) is 0 Å². The molecule has 7 nitrogen and oxygen atoms in total. The number of nitrogens with zero attached hydrogens (tertiary/aromatic N) is 3. The molecule has 3 heterocycles. The first-order chi connectivity index (χ1) is 15.7. The number of rotatable bonds is 5. The zero-order valence-electron chi connectivity index (χ0n) is 18.8. The van der Waals surface area contributed by atoms with E-state index in [2.05, 4.69) is 15.3 Å². The van der Waals surface area contributed by atoms with Crippen LogP contribution < -0.4 is 10.2 Å². The molecule has 2 N–H and O–H groups in total. The number of amides is 1. The van der Waals surface area contributed by atoms with E-state index in [0.717, 1.165) is 16.9 Å². The fourth-order valence-corrected chi connectivity index (χ4v) is 3.88. The second-order valence-electron chi connectivity index (χ2n) is 9.02. The summed E-state index contributed by atoms with van der Waals surface area (Å²) in [5, 5.41) is 14.8. The quantitative estimate of drug-likeness (QED) is 0.529. The molecule has 33 heavy (non-hydrogen) atoms. The number of nitrogens with one attached hydrogen (secondary N) is 1. The van der Waals surface area contributed by atoms with Gasteiger partial charge in [0, 0.05) is 35.4 Å². The first kappa shape index (κ1) is 23.0. The second kappa shape index (κ2) is 9.37. The molecule has 4 rings (SSSR count). The summed E-state index contributed by atoms with van der Waals surface area (Å²) < 4.78 is 5.60. The first-order valence-corrected chi connectivity index (χ1v) is 11.2. The molecule has 0 fully saturated rings. The normalized spacial score (nSPS) is 16.0. The minimum absolute atomic E-state index is 0.127. The van der Waals surface area contributed by atoms with E-state index in [-0.39, 0.29) is 12.5 Å². The van der Waals surface area contributed by atoms with E-state index in [1.165, 1.54) is 4.90 Å². The summed E-state index contributed by atoms with van der Waals surface area (Å²) in [6.07, 6.45) is 2.07. The van der Waals surface area contributed by atoms with E-state index in [4.69, 9.17) is 16.3 Å². The van der Waals surface area contributed by atoms with Gasteiger partial charge in [0.05, 0.1) is 12.6 Å². The van der Waals surface area contributed by atoms with Crippen molar-refractivity contribution < 1.29 is 14.6 Å². The third-order valence-electron chi connectivity index (χ3n) is 5.37. The van der Waals surface area contributed by atoms with E-state index < -0.39 is 17.8 Å². The topological polar surface area (TPSA) is 87.6 Å². The second-order valence-corrected chi connectivity index (χ2v) is 9.45. The minimum atomic E-state index is -0.754. The lowest BCUT2D eigenvalue weighted by atomic mass is 9.92. The lowest BCUT2D eigenvalue weighted by molar-refractivity contribution is 0.0576. The highest BCUT2D eigenvalue weighted by molar-refractivity contribution is 6.30. The average Bonchev–Trinajstić information content (AvgIpc) is 3.21. The minimum Gasteiger partial charge on any atom is -0.443 e. The van der Waals surface area contributed by atoms with E-state index in [0.29, 0.717) is 22.9 Å². The number of hydrogen-bond acceptors (Lipinski definition) is 6. The van der Waals surface area contributed by atoms with Gasteiger partial charge >= 0.3 is 6.09 Å². The lowest BCUT2D eigenvalue weighted by Crippen LogP contribution is -2.37. The summed E-state index contributed by atoms with van der Waals surface area (Å²) in [4.78, 5) is 23.2. The van der Waals surface area contributed by atoms with Crippen LogP contribution >= 0.6 is 11.6 Å². The van der Waals surface area contributed by atoms with Crippen molar-refractivity contribution in [3.05, 3.63) is 82.6 Å². The summed E-state index contributed by atoms with van der Waals surface area (Å²) in [7, 11) is 0. The highest BCUT2D eigenvalue weighted by Gasteiger charge is 2.31. The Morgan fingerprint density at radius 2 is 1.97 bits per heavy atom. The predicted octanol–water partition coefficient (Wildman–Crippen LogP) is 5.31. The summed E-state index contributed by atoms with van der Waals surface area (Å²) >= 11 is 6.00. The number of hydrogen-bond donors (Lipinski definition) is 2. The van der Waals surface area contributed by atoms with Crippen molar-refractivity contribution in [2.24, 2.45) is 0 Å². The third-order valence-corrected chi connectivity index (χ3v) is 5.62. The Hall–Kier alpha value is -3.16. The number of carbonyl (C=O) groups excluding carboxylic acids is 1. The average molecular weight is 467 g/mol. The van der Waals surface area contributed by atoms with Crippen LogP contribution in [-0.2, 0) is 11.3 Å². The molecule has 0 aliphatic carbocycles. The molecular formula is C25H27ClN4O3. The first-order valence-electron chi connectivity index (χ1n) is 10.8. The zero-order chi connectivity index (χ0) is 23.6. The number of anilines is 2. The van der Waals surface area contributed by atoms with Crippen LogP contribution in [0.1, 0.15) is 49.5 Å². The standard InChI is InChI=1S/C25H27ClN4O3/c1-25(2,3)33-24(32)30(15-16-6-9-18(26)10-7-16)21-11-8-17(13-28-21)22(31)20-14-29-23-19(20)5-4-12-27-23/h4-13,20,22,31H,14-15H2,1-3H3,(H,27,29). The van der Waals surface area contributed by atoms with E-state index in [9.17, 15) is 9.90 Å². The number of benzene rings is 1. The monoisotopic (exact) mass is 466 g/mol. The lowest BCUT2D eigenvalue weighted by Gasteiger charge is -2.27. The number of fused-ring (bicyclic) bond motifs is 1. The molecule has 0 radical (unpaired) electrons. The van der Waals surface area contributed by atoms with Crippen LogP contribution in [0.2, 0.25) is 5.02 Å². The Balaban J connectivity index is 1.57. The smallest absolute Gasteiger partial charge is 0.416 e. The maximum Gasteiger partial charge on any atom is 0.416 e. The summed E-state index contributed by atoms with van der Waals surface area (Å²) in [6.45, 7) is 6.32. The summed E-state index contributed by atoms with van der Waals surface area (Å²) in [6, 6.07) is 14.6. The Morgan fingerprint density at radius 3 is 2.64 bits per heavy atom. The van der Waals surface area contributed by atoms with Gasteiger partial charge in [-0.15, -0.1) is 0 Å². The van der Waals surface area contributed by atoms with Crippen molar-refractivity contribution in [1.82, 2.24) is 9.97 Å². The van der Waals surface area contributed by atoms with Crippen molar-refractivity contribution in [3.8, 4) is 0 Å². The number of carbonyl (C=O) groups is 1. The Kier molecular flexibility index (Phi) is 6.54. The molecular weight excluding hydrogens is 440 g/mol. The Labute approximate surface area is 198 Å². The highest BCUT2D eigenvalue weighted by Crippen LogP contribution is 2.38. The van der Waals surface area contributed by atoms with Crippen LogP contribution in [0.4, 0.5) is 16.4 Å². The van der Waals surface area contributed by atoms with Gasteiger partial charge in [0.1, 0.15) is 17.2 Å². The van der Waals surface area contributed by atoms with Crippen LogP contribution in [0.15, 0.2) is 60.9 Å². The van der Waals surface area contributed by atoms with E-state index in [1.54, 1.807) is 36.7 Å². The molecule has 1 aliphatic rings. The van der Waals surface area contributed by atoms with Crippen molar-refractivity contribution in [1.29, 1.82) is 0 Å². The SMILES string of the molecule is CC(C)(C)OC(=O)N(Cc1ccc(Cl)cc1)c1ccc(C(O)C2CNc3ncccc32)cn1. The molecule has 3 aromatic rings. The summed E-state index contributed by atoms with van der Waals surface area (Å²) in [5.41, 5.74) is 1.88. The van der Waals surface area contributed by atoms with Gasteiger partial charge in [-0.3, -0.25) is 4.90 Å². The molecule has 2 atom stereocenters. The molecule has 8 heteroatoms. The van der Waals surface area contributed by atoms with E-state index in [1.807, 2.05) is 45.0 Å². The molecule has 0 saturated carbocycles. The largest absolute Gasteiger partial charge is 0.443 e. The van der Waals surface area contributed by atoms with Crippen molar-refractivity contribution >= 4 is 29.3 Å². The Morgan fingerprint density at radius 1 is 1.21 bits per heavy atom. The van der Waals surface area contributed by atoms with Gasteiger partial charge in [0.25, 0.3) is 0 Å². The van der Waals surface area contributed by atoms with Crippen LogP contribution in [0.3, 0.4) is 0 Å². The predicted molar refractivity (Wildman–Crippen MR) is 129 cm³/mol. The van der Waals surface area contributed by atoms with Crippen molar-refractivity contribution in [2.45, 2.75) is 44.9 Å².